The van der Waals surface area contributed by atoms with Crippen molar-refractivity contribution < 1.29 is 9.53 Å². The first kappa shape index (κ1) is 18.0. The van der Waals surface area contributed by atoms with E-state index in [1.165, 1.54) is 5.56 Å². The predicted molar refractivity (Wildman–Crippen MR) is 99.9 cm³/mol. The molecule has 0 radical (unpaired) electrons. The Balaban J connectivity index is 1.96. The van der Waals surface area contributed by atoms with Gasteiger partial charge in [0.1, 0.15) is 0 Å². The average Bonchev–Trinajstić information content (AvgIpc) is 2.56. The molecule has 0 saturated heterocycles. The van der Waals surface area contributed by atoms with Crippen LogP contribution in [0.15, 0.2) is 48.5 Å². The fraction of sp³-hybridized carbons (Fsp3) is 0.350. The molecular weight excluding hydrogens is 300 g/mol. The Hall–Kier alpha value is -2.33. The van der Waals surface area contributed by atoms with Gasteiger partial charge in [-0.05, 0) is 47.4 Å². The summed E-state index contributed by atoms with van der Waals surface area (Å²) in [4.78, 5) is 12.3. The second kappa shape index (κ2) is 7.97. The van der Waals surface area contributed by atoms with Crippen LogP contribution in [0.1, 0.15) is 36.7 Å². The summed E-state index contributed by atoms with van der Waals surface area (Å²) in [5.41, 5.74) is 3.73. The van der Waals surface area contributed by atoms with Crippen molar-refractivity contribution in [3.05, 3.63) is 59.7 Å². The van der Waals surface area contributed by atoms with E-state index in [0.29, 0.717) is 12.2 Å². The van der Waals surface area contributed by atoms with Gasteiger partial charge in [-0.15, -0.1) is 0 Å². The lowest BCUT2D eigenvalue weighted by atomic mass is 9.87. The van der Waals surface area contributed by atoms with Gasteiger partial charge in [0.25, 0.3) is 5.91 Å². The van der Waals surface area contributed by atoms with Crippen LogP contribution in [0.4, 0.5) is 11.4 Å². The predicted octanol–water partition coefficient (Wildman–Crippen LogP) is 4.29. The van der Waals surface area contributed by atoms with Crippen molar-refractivity contribution in [3.8, 4) is 0 Å². The van der Waals surface area contributed by atoms with E-state index in [0.717, 1.165) is 17.9 Å². The van der Waals surface area contributed by atoms with E-state index in [1.807, 2.05) is 48.5 Å². The molecule has 0 spiro atoms. The molecule has 2 aromatic carbocycles. The monoisotopic (exact) mass is 326 g/mol. The van der Waals surface area contributed by atoms with E-state index in [2.05, 4.69) is 31.4 Å². The third-order valence-electron chi connectivity index (χ3n) is 3.79. The first-order chi connectivity index (χ1) is 11.4. The van der Waals surface area contributed by atoms with Crippen molar-refractivity contribution in [2.24, 2.45) is 0 Å². The van der Waals surface area contributed by atoms with Gasteiger partial charge < -0.3 is 15.4 Å². The van der Waals surface area contributed by atoms with Gasteiger partial charge in [0.2, 0.25) is 0 Å². The molecule has 0 heterocycles. The maximum Gasteiger partial charge on any atom is 0.255 e. The van der Waals surface area contributed by atoms with Gasteiger partial charge in [-0.3, -0.25) is 4.79 Å². The molecular formula is C20H26N2O2. The summed E-state index contributed by atoms with van der Waals surface area (Å²) in [7, 11) is 1.67. The van der Waals surface area contributed by atoms with E-state index in [1.54, 1.807) is 7.11 Å². The molecule has 0 aliphatic carbocycles. The third kappa shape index (κ3) is 5.10. The molecule has 0 aromatic heterocycles. The molecule has 24 heavy (non-hydrogen) atoms. The maximum absolute atomic E-state index is 12.3. The van der Waals surface area contributed by atoms with Crippen LogP contribution in [0.2, 0.25) is 0 Å². The quantitative estimate of drug-likeness (QED) is 0.778. The fourth-order valence-corrected chi connectivity index (χ4v) is 2.29. The van der Waals surface area contributed by atoms with Crippen molar-refractivity contribution >= 4 is 17.3 Å². The van der Waals surface area contributed by atoms with Crippen LogP contribution in [0.25, 0.3) is 0 Å². The molecule has 2 aromatic rings. The molecule has 4 nitrogen and oxygen atoms in total. The van der Waals surface area contributed by atoms with E-state index in [9.17, 15) is 4.79 Å². The fourth-order valence-electron chi connectivity index (χ4n) is 2.29. The molecule has 0 aliphatic rings. The number of carbonyl (C=O) groups excluding carboxylic acids is 1. The largest absolute Gasteiger partial charge is 0.383 e. The molecule has 0 bridgehead atoms. The molecule has 0 fully saturated rings. The number of amides is 1. The zero-order chi connectivity index (χ0) is 17.6. The number of hydrogen-bond acceptors (Lipinski definition) is 3. The minimum Gasteiger partial charge on any atom is -0.383 e. The Morgan fingerprint density at radius 1 is 0.958 bits per heavy atom. The first-order valence-electron chi connectivity index (χ1n) is 8.15. The Bertz CT molecular complexity index is 656. The second-order valence-electron chi connectivity index (χ2n) is 6.78. The molecule has 128 valence electrons. The highest BCUT2D eigenvalue weighted by Crippen LogP contribution is 2.22. The number of methoxy groups -OCH3 is 1. The second-order valence-corrected chi connectivity index (χ2v) is 6.78. The van der Waals surface area contributed by atoms with Crippen LogP contribution in [-0.2, 0) is 10.2 Å². The molecule has 4 heteroatoms. The summed E-state index contributed by atoms with van der Waals surface area (Å²) in [6, 6.07) is 15.4. The average molecular weight is 326 g/mol. The molecule has 0 atom stereocenters. The van der Waals surface area contributed by atoms with Gasteiger partial charge in [0.05, 0.1) is 6.61 Å². The zero-order valence-electron chi connectivity index (χ0n) is 14.8. The molecule has 2 rings (SSSR count). The zero-order valence-corrected chi connectivity index (χ0v) is 14.8. The number of anilines is 2. The van der Waals surface area contributed by atoms with Crippen LogP contribution in [0.5, 0.6) is 0 Å². The summed E-state index contributed by atoms with van der Waals surface area (Å²) >= 11 is 0. The first-order valence-corrected chi connectivity index (χ1v) is 8.15. The lowest BCUT2D eigenvalue weighted by molar-refractivity contribution is 0.102. The van der Waals surface area contributed by atoms with E-state index in [4.69, 9.17) is 4.74 Å². The standard InChI is InChI=1S/C20H26N2O2/c1-20(2,3)16-7-5-15(6-8-16)19(23)22-18-11-9-17(10-12-18)21-13-14-24-4/h5-12,21H,13-14H2,1-4H3,(H,22,23). The maximum atomic E-state index is 12.3. The number of benzene rings is 2. The number of ether oxygens (including phenoxy) is 1. The Morgan fingerprint density at radius 2 is 1.54 bits per heavy atom. The van der Waals surface area contributed by atoms with Gasteiger partial charge >= 0.3 is 0 Å². The Kier molecular flexibility index (Phi) is 5.99. The van der Waals surface area contributed by atoms with Crippen molar-refractivity contribution in [1.82, 2.24) is 0 Å². The van der Waals surface area contributed by atoms with Crippen LogP contribution in [-0.4, -0.2) is 26.2 Å². The lowest BCUT2D eigenvalue weighted by Crippen LogP contribution is -2.14. The van der Waals surface area contributed by atoms with Gasteiger partial charge in [-0.1, -0.05) is 32.9 Å². The summed E-state index contributed by atoms with van der Waals surface area (Å²) in [6.07, 6.45) is 0. The van der Waals surface area contributed by atoms with Gasteiger partial charge in [0, 0.05) is 30.6 Å². The van der Waals surface area contributed by atoms with Crippen LogP contribution < -0.4 is 10.6 Å². The minimum absolute atomic E-state index is 0.0840. The highest BCUT2D eigenvalue weighted by atomic mass is 16.5. The van der Waals surface area contributed by atoms with E-state index >= 15 is 0 Å². The van der Waals surface area contributed by atoms with Crippen molar-refractivity contribution in [2.75, 3.05) is 30.9 Å². The van der Waals surface area contributed by atoms with Gasteiger partial charge in [-0.2, -0.15) is 0 Å². The summed E-state index contributed by atoms with van der Waals surface area (Å²) in [5.74, 6) is -0.101. The molecule has 2 N–H and O–H groups in total. The van der Waals surface area contributed by atoms with Crippen molar-refractivity contribution in [3.63, 3.8) is 0 Å². The number of carbonyl (C=O) groups is 1. The minimum atomic E-state index is -0.101. The SMILES string of the molecule is COCCNc1ccc(NC(=O)c2ccc(C(C)(C)C)cc2)cc1. The number of rotatable bonds is 6. The van der Waals surface area contributed by atoms with E-state index < -0.39 is 0 Å². The Morgan fingerprint density at radius 3 is 2.08 bits per heavy atom. The summed E-state index contributed by atoms with van der Waals surface area (Å²) in [6.45, 7) is 7.88. The molecule has 0 saturated carbocycles. The lowest BCUT2D eigenvalue weighted by Gasteiger charge is -2.19. The summed E-state index contributed by atoms with van der Waals surface area (Å²) in [5, 5.41) is 6.16. The summed E-state index contributed by atoms with van der Waals surface area (Å²) < 4.78 is 5.00. The number of hydrogen-bond donors (Lipinski definition) is 2. The molecule has 0 aliphatic heterocycles. The van der Waals surface area contributed by atoms with Gasteiger partial charge in [-0.25, -0.2) is 0 Å². The van der Waals surface area contributed by atoms with Crippen LogP contribution >= 0.6 is 0 Å². The van der Waals surface area contributed by atoms with Gasteiger partial charge in [0.15, 0.2) is 0 Å². The number of nitrogens with one attached hydrogen (secondary N) is 2. The molecule has 1 amide bonds. The topological polar surface area (TPSA) is 50.4 Å². The van der Waals surface area contributed by atoms with Crippen molar-refractivity contribution in [2.45, 2.75) is 26.2 Å². The van der Waals surface area contributed by atoms with Crippen LogP contribution in [0.3, 0.4) is 0 Å². The smallest absolute Gasteiger partial charge is 0.255 e. The van der Waals surface area contributed by atoms with Crippen LogP contribution in [0, 0.1) is 0 Å². The van der Waals surface area contributed by atoms with E-state index in [-0.39, 0.29) is 11.3 Å². The van der Waals surface area contributed by atoms with Crippen molar-refractivity contribution in [1.29, 1.82) is 0 Å². The highest BCUT2D eigenvalue weighted by molar-refractivity contribution is 6.04. The normalized spacial score (nSPS) is 11.2. The third-order valence-corrected chi connectivity index (χ3v) is 3.79. The highest BCUT2D eigenvalue weighted by Gasteiger charge is 2.14. The Labute approximate surface area is 144 Å². The molecule has 0 unspecified atom stereocenters.